The average Bonchev–Trinajstić information content (AvgIpc) is 3.17. The third-order valence-electron chi connectivity index (χ3n) is 4.72. The highest BCUT2D eigenvalue weighted by molar-refractivity contribution is 7.90. The second kappa shape index (κ2) is 8.16. The molecule has 2 unspecified atom stereocenters. The summed E-state index contributed by atoms with van der Waals surface area (Å²) in [5.41, 5.74) is -0.0866. The fourth-order valence-corrected chi connectivity index (χ4v) is 3.93. The lowest BCUT2D eigenvalue weighted by atomic mass is 9.85. The number of β-amino-alcohol motifs (C(OH)–C–C–N with tert-alkyl or cyclic N) is 1. The van der Waals surface area contributed by atoms with E-state index in [-0.39, 0.29) is 37.0 Å². The maximum atomic E-state index is 13.3. The van der Waals surface area contributed by atoms with Crippen molar-refractivity contribution < 1.29 is 23.1 Å². The average molecular weight is 416 g/mol. The number of aryl methyl sites for hydroxylation is 1. The minimum absolute atomic E-state index is 0.0586. The van der Waals surface area contributed by atoms with Crippen LogP contribution in [0.4, 0.5) is 0 Å². The van der Waals surface area contributed by atoms with E-state index in [0.29, 0.717) is 5.69 Å². The van der Waals surface area contributed by atoms with Gasteiger partial charge in [0.1, 0.15) is 21.9 Å². The number of nitrogens with zero attached hydrogens (tertiary/aromatic N) is 4. The van der Waals surface area contributed by atoms with Gasteiger partial charge in [0, 0.05) is 38.9 Å². The van der Waals surface area contributed by atoms with Crippen LogP contribution in [0.25, 0.3) is 0 Å². The van der Waals surface area contributed by atoms with Crippen LogP contribution in [-0.2, 0) is 25.8 Å². The number of carbonyl (C=O) groups is 2. The largest absolute Gasteiger partial charge is 0.391 e. The van der Waals surface area contributed by atoms with Gasteiger partial charge in [-0.15, -0.1) is 5.10 Å². The molecule has 2 rings (SSSR count). The molecule has 0 bridgehead atoms. The molecular formula is C17H29N5O5S. The Morgan fingerprint density at radius 1 is 1.39 bits per heavy atom. The van der Waals surface area contributed by atoms with Crippen LogP contribution in [0.2, 0.25) is 0 Å². The second-order valence-electron chi connectivity index (χ2n) is 8.35. The molecule has 0 aromatic carbocycles. The summed E-state index contributed by atoms with van der Waals surface area (Å²) >= 11 is 0. The van der Waals surface area contributed by atoms with E-state index in [4.69, 9.17) is 0 Å². The van der Waals surface area contributed by atoms with Gasteiger partial charge in [0.2, 0.25) is 11.8 Å². The Morgan fingerprint density at radius 2 is 2.04 bits per heavy atom. The Hall–Kier alpha value is -2.01. The zero-order valence-corrected chi connectivity index (χ0v) is 17.7. The maximum Gasteiger partial charge on any atom is 0.248 e. The Bertz CT molecular complexity index is 829. The molecule has 0 aliphatic carbocycles. The highest BCUT2D eigenvalue weighted by Gasteiger charge is 2.44. The molecule has 28 heavy (non-hydrogen) atoms. The first-order valence-electron chi connectivity index (χ1n) is 9.12. The lowest BCUT2D eigenvalue weighted by Gasteiger charge is -2.34. The number of sulfone groups is 1. The first-order valence-corrected chi connectivity index (χ1v) is 11.2. The number of likely N-dealkylation sites (tertiary alicyclic amines) is 1. The fourth-order valence-electron chi connectivity index (χ4n) is 3.35. The molecule has 3 atom stereocenters. The number of rotatable bonds is 6. The van der Waals surface area contributed by atoms with Gasteiger partial charge in [0.05, 0.1) is 17.6 Å². The first kappa shape index (κ1) is 22.3. The van der Waals surface area contributed by atoms with Gasteiger partial charge in [0.25, 0.3) is 0 Å². The molecule has 1 saturated heterocycles. The van der Waals surface area contributed by atoms with Crippen molar-refractivity contribution >= 4 is 21.7 Å². The van der Waals surface area contributed by atoms with Gasteiger partial charge in [-0.1, -0.05) is 26.0 Å². The van der Waals surface area contributed by atoms with Crippen molar-refractivity contribution in [3.05, 3.63) is 11.9 Å². The van der Waals surface area contributed by atoms with E-state index < -0.39 is 33.4 Å². The summed E-state index contributed by atoms with van der Waals surface area (Å²) in [6, 6.07) is -1.50. The third kappa shape index (κ3) is 5.28. The van der Waals surface area contributed by atoms with Crippen molar-refractivity contribution in [1.29, 1.82) is 0 Å². The topological polar surface area (TPSA) is 134 Å². The number of hydrogen-bond acceptors (Lipinski definition) is 7. The van der Waals surface area contributed by atoms with Crippen LogP contribution >= 0.6 is 0 Å². The van der Waals surface area contributed by atoms with E-state index in [9.17, 15) is 23.1 Å². The molecule has 11 heteroatoms. The predicted molar refractivity (Wildman–Crippen MR) is 102 cm³/mol. The number of aromatic nitrogens is 3. The molecule has 0 spiro atoms. The number of amides is 2. The van der Waals surface area contributed by atoms with Crippen LogP contribution in [0.1, 0.15) is 38.9 Å². The van der Waals surface area contributed by atoms with Gasteiger partial charge in [0.15, 0.2) is 0 Å². The summed E-state index contributed by atoms with van der Waals surface area (Å²) in [4.78, 5) is 26.9. The highest BCUT2D eigenvalue weighted by Crippen LogP contribution is 2.34. The predicted octanol–water partition coefficient (Wildman–Crippen LogP) is -0.840. The second-order valence-corrected chi connectivity index (χ2v) is 10.6. The molecule has 10 nitrogen and oxygen atoms in total. The van der Waals surface area contributed by atoms with Gasteiger partial charge in [-0.2, -0.15) is 0 Å². The van der Waals surface area contributed by atoms with Crippen LogP contribution in [-0.4, -0.2) is 83.0 Å². The molecule has 1 aliphatic heterocycles. The van der Waals surface area contributed by atoms with E-state index in [0.717, 1.165) is 6.26 Å². The SMILES string of the molecule is CNC(=O)[C@H]1CC(O)CN1C(=O)C(n1cc(CCS(C)(=O)=O)nn1)C(C)(C)C. The van der Waals surface area contributed by atoms with Gasteiger partial charge >= 0.3 is 0 Å². The third-order valence-corrected chi connectivity index (χ3v) is 5.66. The zero-order valence-electron chi connectivity index (χ0n) is 16.9. The Labute approximate surface area is 165 Å². The van der Waals surface area contributed by atoms with Gasteiger partial charge in [-0.05, 0) is 5.41 Å². The van der Waals surface area contributed by atoms with Crippen molar-refractivity contribution in [1.82, 2.24) is 25.2 Å². The number of aliphatic hydroxyl groups excluding tert-OH is 1. The molecule has 1 fully saturated rings. The first-order chi connectivity index (χ1) is 12.8. The van der Waals surface area contributed by atoms with Gasteiger partial charge < -0.3 is 15.3 Å². The summed E-state index contributed by atoms with van der Waals surface area (Å²) < 4.78 is 24.2. The Balaban J connectivity index is 2.30. The fraction of sp³-hybridized carbons (Fsp3) is 0.765. The van der Waals surface area contributed by atoms with Crippen LogP contribution in [0, 0.1) is 5.41 Å². The molecule has 1 aliphatic rings. The molecule has 2 N–H and O–H groups in total. The molecule has 0 saturated carbocycles. The van der Waals surface area contributed by atoms with Crippen molar-refractivity contribution in [3.8, 4) is 0 Å². The lowest BCUT2D eigenvalue weighted by molar-refractivity contribution is -0.144. The molecule has 1 aromatic rings. The molecule has 2 heterocycles. The van der Waals surface area contributed by atoms with Crippen molar-refractivity contribution in [3.63, 3.8) is 0 Å². The Kier molecular flexibility index (Phi) is 6.49. The molecule has 2 amide bonds. The summed E-state index contributed by atoms with van der Waals surface area (Å²) in [5.74, 6) is -0.723. The zero-order chi connectivity index (χ0) is 21.3. The summed E-state index contributed by atoms with van der Waals surface area (Å²) in [5, 5.41) is 20.6. The van der Waals surface area contributed by atoms with E-state index in [1.807, 2.05) is 20.8 Å². The number of aliphatic hydroxyl groups is 1. The normalized spacial score (nSPS) is 21.6. The minimum Gasteiger partial charge on any atom is -0.391 e. The molecule has 0 radical (unpaired) electrons. The Morgan fingerprint density at radius 3 is 2.57 bits per heavy atom. The highest BCUT2D eigenvalue weighted by atomic mass is 32.2. The van der Waals surface area contributed by atoms with E-state index in [1.54, 1.807) is 6.20 Å². The van der Waals surface area contributed by atoms with E-state index in [1.165, 1.54) is 16.6 Å². The maximum absolute atomic E-state index is 13.3. The van der Waals surface area contributed by atoms with Crippen molar-refractivity contribution in [2.24, 2.45) is 5.41 Å². The van der Waals surface area contributed by atoms with E-state index >= 15 is 0 Å². The van der Waals surface area contributed by atoms with Crippen LogP contribution in [0.5, 0.6) is 0 Å². The summed E-state index contributed by atoms with van der Waals surface area (Å²) in [6.07, 6.45) is 2.33. The van der Waals surface area contributed by atoms with Crippen LogP contribution < -0.4 is 5.32 Å². The summed E-state index contributed by atoms with van der Waals surface area (Å²) in [7, 11) is -1.65. The quantitative estimate of drug-likeness (QED) is 0.618. The number of hydrogen-bond donors (Lipinski definition) is 2. The minimum atomic E-state index is -3.14. The number of carbonyl (C=O) groups excluding carboxylic acids is 2. The molecule has 1 aromatic heterocycles. The van der Waals surface area contributed by atoms with Crippen LogP contribution in [0.15, 0.2) is 6.20 Å². The van der Waals surface area contributed by atoms with Crippen molar-refractivity contribution in [2.45, 2.75) is 51.8 Å². The van der Waals surface area contributed by atoms with Crippen molar-refractivity contribution in [2.75, 3.05) is 25.6 Å². The lowest BCUT2D eigenvalue weighted by Crippen LogP contribution is -2.49. The standard InChI is InChI=1S/C17H29N5O5S/c1-17(2,3)14(22-9-11(19-20-22)6-7-28(5,26)27)16(25)21-10-12(23)8-13(21)15(24)18-4/h9,12-14,23H,6-8,10H2,1-5H3,(H,18,24)/t12?,13-,14?/m1/s1. The van der Waals surface area contributed by atoms with E-state index in [2.05, 4.69) is 15.6 Å². The number of nitrogens with one attached hydrogen (secondary N) is 1. The van der Waals surface area contributed by atoms with Crippen LogP contribution in [0.3, 0.4) is 0 Å². The molecule has 158 valence electrons. The van der Waals surface area contributed by atoms with Gasteiger partial charge in [-0.3, -0.25) is 9.59 Å². The molecular weight excluding hydrogens is 386 g/mol. The number of likely N-dealkylation sites (N-methyl/N-ethyl adjacent to an activating group) is 1. The smallest absolute Gasteiger partial charge is 0.248 e. The monoisotopic (exact) mass is 415 g/mol. The summed E-state index contributed by atoms with van der Waals surface area (Å²) in [6.45, 7) is 5.68. The van der Waals surface area contributed by atoms with Gasteiger partial charge in [-0.25, -0.2) is 13.1 Å².